The van der Waals surface area contributed by atoms with Crippen LogP contribution in [0.1, 0.15) is 31.5 Å². The third-order valence-electron chi connectivity index (χ3n) is 2.97. The molecule has 0 saturated carbocycles. The molecular formula is C16H20ClNO2S. The van der Waals surface area contributed by atoms with Crippen LogP contribution < -0.4 is 4.74 Å². The van der Waals surface area contributed by atoms with E-state index in [1.165, 1.54) is 0 Å². The van der Waals surface area contributed by atoms with Gasteiger partial charge in [-0.3, -0.25) is 0 Å². The summed E-state index contributed by atoms with van der Waals surface area (Å²) in [5.41, 5.74) is 1.10. The highest BCUT2D eigenvalue weighted by Crippen LogP contribution is 2.24. The Kier molecular flexibility index (Phi) is 5.25. The topological polar surface area (TPSA) is 42.4 Å². The third kappa shape index (κ3) is 4.99. The highest BCUT2D eigenvalue weighted by molar-refractivity contribution is 7.09. The van der Waals surface area contributed by atoms with Crippen LogP contribution in [0.3, 0.4) is 0 Å². The molecule has 0 fully saturated rings. The molecule has 0 amide bonds. The number of benzene rings is 1. The first-order valence-corrected chi connectivity index (χ1v) is 8.11. The van der Waals surface area contributed by atoms with E-state index in [1.54, 1.807) is 23.5 Å². The van der Waals surface area contributed by atoms with Gasteiger partial charge in [0.15, 0.2) is 0 Å². The number of hydrogen-bond acceptors (Lipinski definition) is 4. The van der Waals surface area contributed by atoms with Gasteiger partial charge in [-0.2, -0.15) is 0 Å². The molecule has 1 aromatic carbocycles. The molecule has 1 unspecified atom stereocenters. The van der Waals surface area contributed by atoms with Gasteiger partial charge >= 0.3 is 0 Å². The zero-order chi connectivity index (χ0) is 15.5. The van der Waals surface area contributed by atoms with Crippen molar-refractivity contribution in [2.75, 3.05) is 6.61 Å². The molecule has 0 aliphatic carbocycles. The molecule has 2 aromatic rings. The maximum Gasteiger partial charge on any atom is 0.120 e. The predicted molar refractivity (Wildman–Crippen MR) is 87.5 cm³/mol. The second kappa shape index (κ2) is 6.77. The lowest BCUT2D eigenvalue weighted by atomic mass is 9.93. The van der Waals surface area contributed by atoms with Crippen molar-refractivity contribution in [3.8, 4) is 5.75 Å². The summed E-state index contributed by atoms with van der Waals surface area (Å²) in [6.07, 6.45) is -0.0793. The molecule has 0 spiro atoms. The zero-order valence-electron chi connectivity index (χ0n) is 12.5. The van der Waals surface area contributed by atoms with Gasteiger partial charge in [0.05, 0.1) is 16.8 Å². The molecule has 0 aliphatic rings. The van der Waals surface area contributed by atoms with Crippen molar-refractivity contribution in [2.24, 2.45) is 0 Å². The summed E-state index contributed by atoms with van der Waals surface area (Å²) in [4.78, 5) is 4.57. The van der Waals surface area contributed by atoms with Crippen LogP contribution >= 0.6 is 22.9 Å². The highest BCUT2D eigenvalue weighted by Gasteiger charge is 2.18. The van der Waals surface area contributed by atoms with Gasteiger partial charge in [-0.05, 0) is 18.2 Å². The van der Waals surface area contributed by atoms with Crippen molar-refractivity contribution in [1.82, 2.24) is 4.98 Å². The minimum Gasteiger partial charge on any atom is -0.491 e. The average Bonchev–Trinajstić information content (AvgIpc) is 2.85. The Hall–Kier alpha value is -1.10. The normalized spacial score (nSPS) is 13.2. The number of thiazole rings is 1. The molecule has 114 valence electrons. The van der Waals surface area contributed by atoms with Gasteiger partial charge in [0.1, 0.15) is 12.4 Å². The summed E-state index contributed by atoms with van der Waals surface area (Å²) >= 11 is 7.47. The summed E-state index contributed by atoms with van der Waals surface area (Å²) in [5, 5.41) is 13.7. The van der Waals surface area contributed by atoms with Crippen molar-refractivity contribution in [2.45, 2.75) is 38.7 Å². The van der Waals surface area contributed by atoms with E-state index in [4.69, 9.17) is 16.3 Å². The highest BCUT2D eigenvalue weighted by atomic mass is 35.5. The minimum absolute atomic E-state index is 0.0387. The van der Waals surface area contributed by atoms with Crippen LogP contribution in [0.25, 0.3) is 0 Å². The van der Waals surface area contributed by atoms with Gasteiger partial charge in [0.2, 0.25) is 0 Å². The summed E-state index contributed by atoms with van der Waals surface area (Å²) in [6.45, 7) is 6.62. The summed E-state index contributed by atoms with van der Waals surface area (Å²) in [6, 6.07) is 7.16. The first-order chi connectivity index (χ1) is 9.84. The Morgan fingerprint density at radius 1 is 1.38 bits per heavy atom. The summed E-state index contributed by atoms with van der Waals surface area (Å²) in [5.74, 6) is 0.663. The molecule has 0 bridgehead atoms. The maximum absolute atomic E-state index is 10.1. The Balaban J connectivity index is 1.87. The Labute approximate surface area is 134 Å². The molecule has 0 aliphatic heterocycles. The standard InChI is InChI=1S/C16H20ClNO2S/c1-16(2,3)14-10-21-15(18-14)8-12(19)9-20-13-6-4-5-11(17)7-13/h4-7,10,12,19H,8-9H2,1-3H3. The molecule has 1 heterocycles. The predicted octanol–water partition coefficient (Wildman–Crippen LogP) is 4.08. The number of ether oxygens (including phenoxy) is 1. The van der Waals surface area contributed by atoms with Gasteiger partial charge in [-0.25, -0.2) is 4.98 Å². The molecule has 5 heteroatoms. The lowest BCUT2D eigenvalue weighted by Crippen LogP contribution is -2.20. The van der Waals surface area contributed by atoms with Gasteiger partial charge in [0.25, 0.3) is 0 Å². The van der Waals surface area contributed by atoms with Crippen LogP contribution in [0.2, 0.25) is 5.02 Å². The molecule has 3 nitrogen and oxygen atoms in total. The fourth-order valence-electron chi connectivity index (χ4n) is 1.76. The van der Waals surface area contributed by atoms with Crippen molar-refractivity contribution >= 4 is 22.9 Å². The van der Waals surface area contributed by atoms with E-state index in [2.05, 4.69) is 31.1 Å². The van der Waals surface area contributed by atoms with Crippen molar-refractivity contribution in [3.63, 3.8) is 0 Å². The molecular weight excluding hydrogens is 306 g/mol. The number of halogens is 1. The SMILES string of the molecule is CC(C)(C)c1csc(CC(O)COc2cccc(Cl)c2)n1. The molecule has 21 heavy (non-hydrogen) atoms. The maximum atomic E-state index is 10.1. The number of rotatable bonds is 5. The Morgan fingerprint density at radius 3 is 2.76 bits per heavy atom. The molecule has 2 rings (SSSR count). The van der Waals surface area contributed by atoms with E-state index in [1.807, 2.05) is 12.1 Å². The van der Waals surface area contributed by atoms with E-state index >= 15 is 0 Å². The Bertz CT molecular complexity index is 592. The van der Waals surface area contributed by atoms with E-state index in [-0.39, 0.29) is 12.0 Å². The number of aliphatic hydroxyl groups is 1. The van der Waals surface area contributed by atoms with Crippen LogP contribution in [-0.4, -0.2) is 22.8 Å². The number of hydrogen-bond donors (Lipinski definition) is 1. The lowest BCUT2D eigenvalue weighted by molar-refractivity contribution is 0.107. The molecule has 1 N–H and O–H groups in total. The monoisotopic (exact) mass is 325 g/mol. The zero-order valence-corrected chi connectivity index (χ0v) is 14.0. The average molecular weight is 326 g/mol. The van der Waals surface area contributed by atoms with E-state index in [0.29, 0.717) is 17.2 Å². The minimum atomic E-state index is -0.581. The molecule has 1 aromatic heterocycles. The lowest BCUT2D eigenvalue weighted by Gasteiger charge is -2.14. The van der Waals surface area contributed by atoms with E-state index in [0.717, 1.165) is 10.7 Å². The van der Waals surface area contributed by atoms with Crippen LogP contribution in [0.5, 0.6) is 5.75 Å². The summed E-state index contributed by atoms with van der Waals surface area (Å²) in [7, 11) is 0. The van der Waals surface area contributed by atoms with Crippen molar-refractivity contribution < 1.29 is 9.84 Å². The third-order valence-corrected chi connectivity index (χ3v) is 4.08. The Morgan fingerprint density at radius 2 is 2.14 bits per heavy atom. The van der Waals surface area contributed by atoms with Gasteiger partial charge in [0, 0.05) is 22.2 Å². The second-order valence-corrected chi connectivity index (χ2v) is 7.38. The van der Waals surface area contributed by atoms with Crippen LogP contribution in [0.15, 0.2) is 29.6 Å². The molecule has 0 radical (unpaired) electrons. The smallest absolute Gasteiger partial charge is 0.120 e. The van der Waals surface area contributed by atoms with Crippen LogP contribution in [0, 0.1) is 0 Å². The van der Waals surface area contributed by atoms with E-state index < -0.39 is 6.10 Å². The quantitative estimate of drug-likeness (QED) is 0.900. The van der Waals surface area contributed by atoms with Gasteiger partial charge in [-0.15, -0.1) is 11.3 Å². The van der Waals surface area contributed by atoms with Crippen molar-refractivity contribution in [1.29, 1.82) is 0 Å². The number of nitrogens with zero attached hydrogens (tertiary/aromatic N) is 1. The van der Waals surface area contributed by atoms with Gasteiger partial charge < -0.3 is 9.84 Å². The molecule has 1 atom stereocenters. The fraction of sp³-hybridized carbons (Fsp3) is 0.438. The summed E-state index contributed by atoms with van der Waals surface area (Å²) < 4.78 is 5.54. The van der Waals surface area contributed by atoms with Crippen molar-refractivity contribution in [3.05, 3.63) is 45.4 Å². The first kappa shape index (κ1) is 16.3. The van der Waals surface area contributed by atoms with Crippen LogP contribution in [-0.2, 0) is 11.8 Å². The van der Waals surface area contributed by atoms with Crippen LogP contribution in [0.4, 0.5) is 0 Å². The van der Waals surface area contributed by atoms with E-state index in [9.17, 15) is 5.11 Å². The largest absolute Gasteiger partial charge is 0.491 e. The molecule has 0 saturated heterocycles. The van der Waals surface area contributed by atoms with Gasteiger partial charge in [-0.1, -0.05) is 38.4 Å². The first-order valence-electron chi connectivity index (χ1n) is 6.86. The second-order valence-electron chi connectivity index (χ2n) is 6.00. The number of aromatic nitrogens is 1. The number of aliphatic hydroxyl groups excluding tert-OH is 1. The fourth-order valence-corrected chi connectivity index (χ4v) is 3.03.